The maximum atomic E-state index is 12.7. The number of rotatable bonds is 6. The molecule has 5 nitrogen and oxygen atoms in total. The molecule has 0 spiro atoms. The highest BCUT2D eigenvalue weighted by Gasteiger charge is 2.37. The largest absolute Gasteiger partial charge is 0.463 e. The second-order valence-corrected chi connectivity index (χ2v) is 7.44. The van der Waals surface area contributed by atoms with Crippen LogP contribution in [0.5, 0.6) is 0 Å². The van der Waals surface area contributed by atoms with Crippen LogP contribution in [0.15, 0.2) is 63.9 Å². The minimum Gasteiger partial charge on any atom is -0.463 e. The van der Waals surface area contributed by atoms with Gasteiger partial charge in [-0.2, -0.15) is 5.10 Å². The summed E-state index contributed by atoms with van der Waals surface area (Å²) in [5, 5.41) is 9.51. The number of amides is 1. The zero-order valence-electron chi connectivity index (χ0n) is 13.6. The first-order valence-corrected chi connectivity index (χ1v) is 9.39. The summed E-state index contributed by atoms with van der Waals surface area (Å²) in [4.78, 5) is 14.3. The van der Waals surface area contributed by atoms with Crippen LogP contribution in [0.1, 0.15) is 11.3 Å². The number of amidine groups is 1. The van der Waals surface area contributed by atoms with Gasteiger partial charge in [-0.3, -0.25) is 9.69 Å². The van der Waals surface area contributed by atoms with Gasteiger partial charge in [0.15, 0.2) is 5.17 Å². The van der Waals surface area contributed by atoms with Crippen molar-refractivity contribution in [1.29, 1.82) is 0 Å². The number of nitrogens with zero attached hydrogens (tertiary/aromatic N) is 3. The lowest BCUT2D eigenvalue weighted by atomic mass is 10.1. The van der Waals surface area contributed by atoms with Crippen molar-refractivity contribution in [2.75, 3.05) is 6.54 Å². The smallest absolute Gasteiger partial charge is 0.242 e. The van der Waals surface area contributed by atoms with Crippen LogP contribution >= 0.6 is 35.0 Å². The highest BCUT2D eigenvalue weighted by molar-refractivity contribution is 8.15. The first kappa shape index (κ1) is 18.8. The Morgan fingerprint density at radius 2 is 2.19 bits per heavy atom. The molecule has 26 heavy (non-hydrogen) atoms. The van der Waals surface area contributed by atoms with E-state index >= 15 is 0 Å². The SMILES string of the molecule is C=CCN1C(=O)C(Cc2cc(Cl)ccc2Cl)S/C1=N\N=C/c1ccco1. The van der Waals surface area contributed by atoms with Crippen LogP contribution in [0.3, 0.4) is 0 Å². The van der Waals surface area contributed by atoms with E-state index in [9.17, 15) is 4.79 Å². The van der Waals surface area contributed by atoms with Gasteiger partial charge in [0, 0.05) is 16.6 Å². The van der Waals surface area contributed by atoms with E-state index in [0.717, 1.165) is 5.56 Å². The Hall–Kier alpha value is -2.02. The number of thioether (sulfide) groups is 1. The molecular weight excluding hydrogens is 393 g/mol. The predicted octanol–water partition coefficient (Wildman–Crippen LogP) is 4.65. The molecule has 1 amide bonds. The topological polar surface area (TPSA) is 58.2 Å². The summed E-state index contributed by atoms with van der Waals surface area (Å²) in [6.45, 7) is 4.06. The predicted molar refractivity (Wildman–Crippen MR) is 107 cm³/mol. The van der Waals surface area contributed by atoms with Crippen LogP contribution in [0.25, 0.3) is 0 Å². The van der Waals surface area contributed by atoms with Crippen molar-refractivity contribution in [3.63, 3.8) is 0 Å². The Bertz CT molecular complexity index is 865. The lowest BCUT2D eigenvalue weighted by Gasteiger charge is -2.13. The molecule has 1 aliphatic rings. The van der Waals surface area contributed by atoms with E-state index in [2.05, 4.69) is 16.8 Å². The maximum Gasteiger partial charge on any atom is 0.242 e. The van der Waals surface area contributed by atoms with Gasteiger partial charge in [-0.05, 0) is 42.3 Å². The third-order valence-corrected chi connectivity index (χ3v) is 5.39. The van der Waals surface area contributed by atoms with E-state index in [1.165, 1.54) is 18.0 Å². The molecule has 3 rings (SSSR count). The molecule has 0 aliphatic carbocycles. The quantitative estimate of drug-likeness (QED) is 0.397. The van der Waals surface area contributed by atoms with Crippen molar-refractivity contribution in [3.8, 4) is 0 Å². The number of carbonyl (C=O) groups is 1. The standard InChI is InChI=1S/C18H15Cl2N3O2S/c1-2-7-23-17(24)16(10-12-9-13(19)5-6-15(12)20)26-18(23)22-21-11-14-4-3-8-25-14/h2-6,8-9,11,16H,1,7,10H2/b21-11-,22-18-. The Morgan fingerprint density at radius 3 is 2.92 bits per heavy atom. The zero-order valence-corrected chi connectivity index (χ0v) is 16.0. The molecule has 0 bridgehead atoms. The van der Waals surface area contributed by atoms with E-state index in [1.54, 1.807) is 47.6 Å². The Labute approximate surface area is 165 Å². The Balaban J connectivity index is 1.79. The molecule has 1 aromatic heterocycles. The van der Waals surface area contributed by atoms with Crippen LogP contribution in [0.2, 0.25) is 10.0 Å². The molecule has 134 valence electrons. The first-order chi connectivity index (χ1) is 12.6. The van der Waals surface area contributed by atoms with Gasteiger partial charge in [0.1, 0.15) is 5.76 Å². The average Bonchev–Trinajstić information content (AvgIpc) is 3.23. The second kappa shape index (κ2) is 8.58. The third kappa shape index (κ3) is 4.38. The molecule has 0 N–H and O–H groups in total. The van der Waals surface area contributed by atoms with Gasteiger partial charge in [-0.15, -0.1) is 11.7 Å². The molecule has 0 radical (unpaired) electrons. The lowest BCUT2D eigenvalue weighted by Crippen LogP contribution is -2.32. The van der Waals surface area contributed by atoms with Gasteiger partial charge in [0.05, 0.1) is 17.7 Å². The van der Waals surface area contributed by atoms with Crippen molar-refractivity contribution < 1.29 is 9.21 Å². The minimum atomic E-state index is -0.344. The summed E-state index contributed by atoms with van der Waals surface area (Å²) >= 11 is 13.6. The number of hydrogen-bond donors (Lipinski definition) is 0. The Kier molecular flexibility index (Phi) is 6.19. The average molecular weight is 408 g/mol. The molecule has 2 heterocycles. The van der Waals surface area contributed by atoms with Gasteiger partial charge >= 0.3 is 0 Å². The highest BCUT2D eigenvalue weighted by atomic mass is 35.5. The molecule has 1 unspecified atom stereocenters. The van der Waals surface area contributed by atoms with Crippen molar-refractivity contribution in [3.05, 3.63) is 70.6 Å². The second-order valence-electron chi connectivity index (χ2n) is 5.43. The molecule has 1 atom stereocenters. The van der Waals surface area contributed by atoms with Crippen molar-refractivity contribution in [2.24, 2.45) is 10.2 Å². The lowest BCUT2D eigenvalue weighted by molar-refractivity contribution is -0.125. The molecule has 8 heteroatoms. The number of carbonyl (C=O) groups excluding carboxylic acids is 1. The summed E-state index contributed by atoms with van der Waals surface area (Å²) in [7, 11) is 0. The monoisotopic (exact) mass is 407 g/mol. The molecule has 1 fully saturated rings. The summed E-state index contributed by atoms with van der Waals surface area (Å²) < 4.78 is 5.17. The van der Waals surface area contributed by atoms with Gasteiger partial charge in [0.2, 0.25) is 5.91 Å². The molecule has 0 saturated carbocycles. The van der Waals surface area contributed by atoms with Crippen LogP contribution in [0.4, 0.5) is 0 Å². The van der Waals surface area contributed by atoms with Gasteiger partial charge < -0.3 is 4.42 Å². The summed E-state index contributed by atoms with van der Waals surface area (Å²) in [5.41, 5.74) is 0.823. The highest BCUT2D eigenvalue weighted by Crippen LogP contribution is 2.32. The van der Waals surface area contributed by atoms with Crippen LogP contribution < -0.4 is 0 Å². The Morgan fingerprint density at radius 1 is 1.35 bits per heavy atom. The summed E-state index contributed by atoms with van der Waals surface area (Å²) in [5.74, 6) is 0.527. The van der Waals surface area contributed by atoms with Crippen LogP contribution in [-0.2, 0) is 11.2 Å². The third-order valence-electron chi connectivity index (χ3n) is 3.62. The number of halogens is 2. The first-order valence-electron chi connectivity index (χ1n) is 7.76. The van der Waals surface area contributed by atoms with Crippen molar-refractivity contribution >= 4 is 52.3 Å². The van der Waals surface area contributed by atoms with Gasteiger partial charge in [-0.25, -0.2) is 0 Å². The van der Waals surface area contributed by atoms with Gasteiger partial charge in [-0.1, -0.05) is 41.0 Å². The molecular formula is C18H15Cl2N3O2S. The normalized spacial score (nSPS) is 19.0. The zero-order chi connectivity index (χ0) is 18.5. The molecule has 2 aromatic rings. The number of furan rings is 1. The van der Waals surface area contributed by atoms with E-state index in [1.807, 2.05) is 0 Å². The fourth-order valence-electron chi connectivity index (χ4n) is 2.41. The summed E-state index contributed by atoms with van der Waals surface area (Å²) in [6.07, 6.45) is 5.15. The van der Waals surface area contributed by atoms with E-state index < -0.39 is 0 Å². The fourth-order valence-corrected chi connectivity index (χ4v) is 3.93. The van der Waals surface area contributed by atoms with Gasteiger partial charge in [0.25, 0.3) is 0 Å². The molecule has 1 aromatic carbocycles. The number of hydrogen-bond acceptors (Lipinski definition) is 5. The minimum absolute atomic E-state index is 0.0575. The van der Waals surface area contributed by atoms with E-state index in [0.29, 0.717) is 33.9 Å². The van der Waals surface area contributed by atoms with E-state index in [4.69, 9.17) is 27.6 Å². The summed E-state index contributed by atoms with van der Waals surface area (Å²) in [6, 6.07) is 8.75. The van der Waals surface area contributed by atoms with Crippen molar-refractivity contribution in [2.45, 2.75) is 11.7 Å². The number of benzene rings is 1. The molecule has 1 saturated heterocycles. The van der Waals surface area contributed by atoms with E-state index in [-0.39, 0.29) is 11.2 Å². The fraction of sp³-hybridized carbons (Fsp3) is 0.167. The maximum absolute atomic E-state index is 12.7. The molecule has 1 aliphatic heterocycles. The van der Waals surface area contributed by atoms with Crippen LogP contribution in [0, 0.1) is 0 Å². The van der Waals surface area contributed by atoms with Crippen molar-refractivity contribution in [1.82, 2.24) is 4.90 Å². The van der Waals surface area contributed by atoms with Crippen LogP contribution in [-0.4, -0.2) is 34.0 Å².